The number of hydrogen-bond acceptors (Lipinski definition) is 4. The van der Waals surface area contributed by atoms with Gasteiger partial charge in [0, 0.05) is 31.1 Å². The Balaban J connectivity index is 2.09. The summed E-state index contributed by atoms with van der Waals surface area (Å²) in [6, 6.07) is 9.43. The van der Waals surface area contributed by atoms with Gasteiger partial charge in [0.15, 0.2) is 0 Å². The minimum atomic E-state index is -0.0449. The van der Waals surface area contributed by atoms with E-state index in [1.165, 1.54) is 9.78 Å². The third kappa shape index (κ3) is 3.26. The van der Waals surface area contributed by atoms with Gasteiger partial charge in [-0.2, -0.15) is 0 Å². The van der Waals surface area contributed by atoms with E-state index in [-0.39, 0.29) is 5.91 Å². The van der Waals surface area contributed by atoms with Crippen molar-refractivity contribution in [1.82, 2.24) is 4.90 Å². The number of rotatable bonds is 4. The van der Waals surface area contributed by atoms with Crippen LogP contribution >= 0.6 is 11.3 Å². The van der Waals surface area contributed by atoms with E-state index in [0.29, 0.717) is 11.3 Å². The SMILES string of the molecule is CN(C)C(=O)c1ccc(NCc2cccs2)c(N)c1. The molecule has 0 aliphatic heterocycles. The predicted molar refractivity (Wildman–Crippen MR) is 80.5 cm³/mol. The highest BCUT2D eigenvalue weighted by atomic mass is 32.1. The second-order valence-corrected chi connectivity index (χ2v) is 5.47. The standard InChI is InChI=1S/C14H17N3OS/c1-17(2)14(18)10-5-6-13(12(15)8-10)16-9-11-4-3-7-19-11/h3-8,16H,9,15H2,1-2H3. The second kappa shape index (κ2) is 5.75. The maximum absolute atomic E-state index is 11.8. The van der Waals surface area contributed by atoms with Gasteiger partial charge in [0.25, 0.3) is 5.91 Å². The first-order chi connectivity index (χ1) is 9.08. The van der Waals surface area contributed by atoms with Gasteiger partial charge in [0.1, 0.15) is 0 Å². The van der Waals surface area contributed by atoms with Crippen LogP contribution in [0.3, 0.4) is 0 Å². The van der Waals surface area contributed by atoms with Crippen LogP contribution in [0.25, 0.3) is 0 Å². The molecular formula is C14H17N3OS. The molecule has 1 amide bonds. The Hall–Kier alpha value is -2.01. The molecule has 0 saturated carbocycles. The van der Waals surface area contributed by atoms with Crippen LogP contribution in [0.1, 0.15) is 15.2 Å². The molecule has 1 aromatic carbocycles. The number of anilines is 2. The van der Waals surface area contributed by atoms with Gasteiger partial charge >= 0.3 is 0 Å². The fraction of sp³-hybridized carbons (Fsp3) is 0.214. The molecule has 2 rings (SSSR count). The first-order valence-corrected chi connectivity index (χ1v) is 6.83. The fourth-order valence-electron chi connectivity index (χ4n) is 1.71. The molecule has 3 N–H and O–H groups in total. The minimum Gasteiger partial charge on any atom is -0.397 e. The highest BCUT2D eigenvalue weighted by molar-refractivity contribution is 7.09. The Morgan fingerprint density at radius 1 is 1.37 bits per heavy atom. The molecule has 0 radical (unpaired) electrons. The summed E-state index contributed by atoms with van der Waals surface area (Å²) < 4.78 is 0. The first kappa shape index (κ1) is 13.4. The number of hydrogen-bond donors (Lipinski definition) is 2. The summed E-state index contributed by atoms with van der Waals surface area (Å²) >= 11 is 1.70. The molecule has 5 heteroatoms. The van der Waals surface area contributed by atoms with Gasteiger partial charge < -0.3 is 16.0 Å². The van der Waals surface area contributed by atoms with Crippen LogP contribution in [0.4, 0.5) is 11.4 Å². The lowest BCUT2D eigenvalue weighted by atomic mass is 10.1. The van der Waals surface area contributed by atoms with Gasteiger partial charge in [0.05, 0.1) is 11.4 Å². The van der Waals surface area contributed by atoms with Crippen LogP contribution in [-0.4, -0.2) is 24.9 Å². The van der Waals surface area contributed by atoms with Crippen molar-refractivity contribution in [3.8, 4) is 0 Å². The number of nitrogen functional groups attached to an aromatic ring is 1. The van der Waals surface area contributed by atoms with Crippen LogP contribution in [0, 0.1) is 0 Å². The third-order valence-corrected chi connectivity index (χ3v) is 3.61. The zero-order chi connectivity index (χ0) is 13.8. The van der Waals surface area contributed by atoms with E-state index in [4.69, 9.17) is 5.73 Å². The molecule has 0 aliphatic rings. The molecule has 0 fully saturated rings. The van der Waals surface area contributed by atoms with Crippen LogP contribution in [0.5, 0.6) is 0 Å². The van der Waals surface area contributed by atoms with Gasteiger partial charge in [-0.05, 0) is 29.6 Å². The van der Waals surface area contributed by atoms with Gasteiger partial charge in [-0.1, -0.05) is 6.07 Å². The second-order valence-electron chi connectivity index (χ2n) is 4.43. The number of nitrogens with one attached hydrogen (secondary N) is 1. The van der Waals surface area contributed by atoms with Crippen molar-refractivity contribution in [3.63, 3.8) is 0 Å². The van der Waals surface area contributed by atoms with Crippen LogP contribution in [0.15, 0.2) is 35.7 Å². The lowest BCUT2D eigenvalue weighted by Crippen LogP contribution is -2.21. The van der Waals surface area contributed by atoms with Crippen molar-refractivity contribution in [2.75, 3.05) is 25.1 Å². The number of carbonyl (C=O) groups excluding carboxylic acids is 1. The van der Waals surface area contributed by atoms with Crippen molar-refractivity contribution in [1.29, 1.82) is 0 Å². The lowest BCUT2D eigenvalue weighted by Gasteiger charge is -2.13. The maximum atomic E-state index is 11.8. The minimum absolute atomic E-state index is 0.0449. The first-order valence-electron chi connectivity index (χ1n) is 5.95. The normalized spacial score (nSPS) is 10.2. The van der Waals surface area contributed by atoms with E-state index < -0.39 is 0 Å². The van der Waals surface area contributed by atoms with Crippen molar-refractivity contribution in [2.24, 2.45) is 0 Å². The van der Waals surface area contributed by atoms with Crippen molar-refractivity contribution in [3.05, 3.63) is 46.2 Å². The Bertz CT molecular complexity index is 564. The average molecular weight is 275 g/mol. The molecule has 1 aromatic heterocycles. The average Bonchev–Trinajstić information content (AvgIpc) is 2.89. The molecule has 0 unspecified atom stereocenters. The third-order valence-electron chi connectivity index (χ3n) is 2.74. The molecule has 0 saturated heterocycles. The molecule has 2 aromatic rings. The Labute approximate surface area is 116 Å². The number of nitrogens with two attached hydrogens (primary N) is 1. The maximum Gasteiger partial charge on any atom is 0.253 e. The number of nitrogens with zero attached hydrogens (tertiary/aromatic N) is 1. The summed E-state index contributed by atoms with van der Waals surface area (Å²) in [4.78, 5) is 14.6. The summed E-state index contributed by atoms with van der Waals surface area (Å²) in [5, 5.41) is 5.31. The van der Waals surface area contributed by atoms with Crippen LogP contribution in [-0.2, 0) is 6.54 Å². The monoisotopic (exact) mass is 275 g/mol. The fourth-order valence-corrected chi connectivity index (χ4v) is 2.36. The quantitative estimate of drug-likeness (QED) is 0.843. The Morgan fingerprint density at radius 3 is 2.74 bits per heavy atom. The summed E-state index contributed by atoms with van der Waals surface area (Å²) in [6.45, 7) is 0.739. The van der Waals surface area contributed by atoms with Crippen molar-refractivity contribution >= 4 is 28.6 Å². The molecule has 4 nitrogen and oxygen atoms in total. The van der Waals surface area contributed by atoms with Gasteiger partial charge in [-0.3, -0.25) is 4.79 Å². The summed E-state index contributed by atoms with van der Waals surface area (Å²) in [5.41, 5.74) is 8.01. The van der Waals surface area contributed by atoms with Crippen molar-refractivity contribution in [2.45, 2.75) is 6.54 Å². The van der Waals surface area contributed by atoms with Gasteiger partial charge in [0.2, 0.25) is 0 Å². The number of thiophene rings is 1. The zero-order valence-corrected chi connectivity index (χ0v) is 11.8. The van der Waals surface area contributed by atoms with Gasteiger partial charge in [-0.15, -0.1) is 11.3 Å². The van der Waals surface area contributed by atoms with E-state index in [0.717, 1.165) is 12.2 Å². The van der Waals surface area contributed by atoms with Crippen molar-refractivity contribution < 1.29 is 4.79 Å². The van der Waals surface area contributed by atoms with Crippen LogP contribution in [0.2, 0.25) is 0 Å². The number of benzene rings is 1. The van der Waals surface area contributed by atoms with Crippen LogP contribution < -0.4 is 11.1 Å². The topological polar surface area (TPSA) is 58.4 Å². The molecule has 0 atom stereocenters. The zero-order valence-electron chi connectivity index (χ0n) is 11.0. The highest BCUT2D eigenvalue weighted by Gasteiger charge is 2.09. The van der Waals surface area contributed by atoms with E-state index in [9.17, 15) is 4.79 Å². The van der Waals surface area contributed by atoms with E-state index in [2.05, 4.69) is 11.4 Å². The molecule has 0 bridgehead atoms. The van der Waals surface area contributed by atoms with E-state index in [1.807, 2.05) is 17.5 Å². The summed E-state index contributed by atoms with van der Waals surface area (Å²) in [6.07, 6.45) is 0. The summed E-state index contributed by atoms with van der Waals surface area (Å²) in [7, 11) is 3.45. The molecule has 1 heterocycles. The number of carbonyl (C=O) groups is 1. The highest BCUT2D eigenvalue weighted by Crippen LogP contribution is 2.22. The molecule has 0 spiro atoms. The largest absolute Gasteiger partial charge is 0.397 e. The Kier molecular flexibility index (Phi) is 4.06. The molecular weight excluding hydrogens is 258 g/mol. The predicted octanol–water partition coefficient (Wildman–Crippen LogP) is 2.64. The molecule has 100 valence electrons. The van der Waals surface area contributed by atoms with E-state index in [1.54, 1.807) is 37.6 Å². The number of amides is 1. The lowest BCUT2D eigenvalue weighted by molar-refractivity contribution is 0.0827. The molecule has 0 aliphatic carbocycles. The Morgan fingerprint density at radius 2 is 2.16 bits per heavy atom. The smallest absolute Gasteiger partial charge is 0.253 e. The van der Waals surface area contributed by atoms with E-state index >= 15 is 0 Å². The summed E-state index contributed by atoms with van der Waals surface area (Å²) in [5.74, 6) is -0.0449. The van der Waals surface area contributed by atoms with Gasteiger partial charge in [-0.25, -0.2) is 0 Å². The molecule has 19 heavy (non-hydrogen) atoms.